The van der Waals surface area contributed by atoms with Crippen molar-refractivity contribution >= 4 is 25.9 Å². The molecule has 0 N–H and O–H groups in total. The Hall–Kier alpha value is -0.532. The molecule has 14 heavy (non-hydrogen) atoms. The number of nitrogens with zero attached hydrogens (tertiary/aromatic N) is 2. The van der Waals surface area contributed by atoms with Gasteiger partial charge in [0.15, 0.2) is 0 Å². The van der Waals surface area contributed by atoms with Gasteiger partial charge < -0.3 is 0 Å². The average molecular weight is 253 g/mol. The zero-order chi connectivity index (χ0) is 9.80. The molecule has 0 atom stereocenters. The van der Waals surface area contributed by atoms with Crippen LogP contribution in [0.1, 0.15) is 0 Å². The van der Waals surface area contributed by atoms with Crippen LogP contribution in [0.2, 0.25) is 5.71 Å². The van der Waals surface area contributed by atoms with E-state index in [9.17, 15) is 0 Å². The van der Waals surface area contributed by atoms with Crippen molar-refractivity contribution in [3.05, 3.63) is 18.3 Å². The van der Waals surface area contributed by atoms with Crippen molar-refractivity contribution < 1.29 is 4.74 Å². The average Bonchev–Trinajstić information content (AvgIpc) is 2.30. The van der Waals surface area contributed by atoms with Gasteiger partial charge in [0, 0.05) is 0 Å². The Morgan fingerprint density at radius 2 is 2.21 bits per heavy atom. The molecule has 0 spiro atoms. The molecule has 4 heteroatoms. The topological polar surface area (TPSA) is 25.4 Å². The van der Waals surface area contributed by atoms with E-state index in [1.807, 2.05) is 12.3 Å². The molecular weight excluding hydrogens is 239 g/mol. The van der Waals surface area contributed by atoms with Crippen LogP contribution in [0.5, 0.6) is 0 Å². The number of aromatic nitrogens is 1. The fourth-order valence-electron chi connectivity index (χ4n) is 1.58. The van der Waals surface area contributed by atoms with E-state index in [0.29, 0.717) is 0 Å². The maximum absolute atomic E-state index is 5.33. The van der Waals surface area contributed by atoms with Gasteiger partial charge in [0.2, 0.25) is 0 Å². The molecule has 2 heterocycles. The zero-order valence-corrected chi connectivity index (χ0v) is 10.2. The second-order valence-corrected chi connectivity index (χ2v) is 5.12. The van der Waals surface area contributed by atoms with E-state index in [1.54, 1.807) is 0 Å². The molecule has 0 aromatic carbocycles. The van der Waals surface area contributed by atoms with Crippen LogP contribution < -0.4 is 9.25 Å². The minimum atomic E-state index is 0.253. The first kappa shape index (κ1) is 10.0. The van der Waals surface area contributed by atoms with Crippen molar-refractivity contribution in [3.8, 4) is 0 Å². The maximum atomic E-state index is 5.33. The molecule has 0 aliphatic carbocycles. The standard InChI is InChI=1S/C10H14AsN2O/c1-11-9-3-2-4-12-10(9)13-5-7-14-8-6-13/h2-4H,5-8H2,1H3. The van der Waals surface area contributed by atoms with Crippen LogP contribution in [-0.2, 0) is 4.74 Å². The summed E-state index contributed by atoms with van der Waals surface area (Å²) in [6.07, 6.45) is 1.88. The number of hydrogen-bond donors (Lipinski definition) is 0. The number of ether oxygens (including phenoxy) is 1. The number of morpholine rings is 1. The van der Waals surface area contributed by atoms with Crippen LogP contribution in [-0.4, -0.2) is 47.0 Å². The molecule has 1 saturated heterocycles. The third-order valence-corrected chi connectivity index (χ3v) is 4.06. The summed E-state index contributed by atoms with van der Waals surface area (Å²) in [6.45, 7) is 3.61. The van der Waals surface area contributed by atoms with Crippen molar-refractivity contribution in [2.24, 2.45) is 0 Å². The molecule has 0 bridgehead atoms. The van der Waals surface area contributed by atoms with Crippen molar-refractivity contribution in [2.45, 2.75) is 5.71 Å². The van der Waals surface area contributed by atoms with E-state index < -0.39 is 0 Å². The SMILES string of the molecule is C[As]c1cccnc1N1CCOCC1. The summed E-state index contributed by atoms with van der Waals surface area (Å²) in [7, 11) is 0. The molecule has 0 unspecified atom stereocenters. The van der Waals surface area contributed by atoms with Crippen molar-refractivity contribution in [2.75, 3.05) is 31.2 Å². The summed E-state index contributed by atoms with van der Waals surface area (Å²) >= 11 is 0.253. The Morgan fingerprint density at radius 3 is 2.93 bits per heavy atom. The van der Waals surface area contributed by atoms with E-state index in [4.69, 9.17) is 4.74 Å². The summed E-state index contributed by atoms with van der Waals surface area (Å²) in [5, 5.41) is 0. The molecule has 75 valence electrons. The Balaban J connectivity index is 2.20. The summed E-state index contributed by atoms with van der Waals surface area (Å²) in [5.74, 6) is 1.18. The normalized spacial score (nSPS) is 17.9. The molecule has 0 amide bonds. The van der Waals surface area contributed by atoms with Crippen LogP contribution >= 0.6 is 0 Å². The third-order valence-electron chi connectivity index (χ3n) is 2.32. The molecule has 0 saturated carbocycles. The molecule has 1 aliphatic rings. The Morgan fingerprint density at radius 1 is 1.43 bits per heavy atom. The van der Waals surface area contributed by atoms with Gasteiger partial charge in [-0.2, -0.15) is 0 Å². The second-order valence-electron chi connectivity index (χ2n) is 3.17. The van der Waals surface area contributed by atoms with Gasteiger partial charge in [0.05, 0.1) is 0 Å². The number of anilines is 1. The van der Waals surface area contributed by atoms with Gasteiger partial charge in [-0.05, 0) is 0 Å². The molecule has 1 fully saturated rings. The quantitative estimate of drug-likeness (QED) is 0.709. The molecule has 1 radical (unpaired) electrons. The molecule has 3 nitrogen and oxygen atoms in total. The van der Waals surface area contributed by atoms with Gasteiger partial charge >= 0.3 is 90.9 Å². The number of hydrogen-bond acceptors (Lipinski definition) is 3. The molecular formula is C10H14AsN2O. The van der Waals surface area contributed by atoms with Gasteiger partial charge in [0.1, 0.15) is 0 Å². The first-order valence-corrected chi connectivity index (χ1v) is 7.61. The van der Waals surface area contributed by atoms with Gasteiger partial charge in [-0.3, -0.25) is 0 Å². The second kappa shape index (κ2) is 4.81. The van der Waals surface area contributed by atoms with E-state index >= 15 is 0 Å². The van der Waals surface area contributed by atoms with E-state index in [2.05, 4.69) is 21.7 Å². The fourth-order valence-corrected chi connectivity index (χ4v) is 2.91. The number of pyridine rings is 1. The minimum absolute atomic E-state index is 0.253. The van der Waals surface area contributed by atoms with Gasteiger partial charge in [-0.1, -0.05) is 0 Å². The predicted octanol–water partition coefficient (Wildman–Crippen LogP) is 0.296. The van der Waals surface area contributed by atoms with E-state index in [1.165, 1.54) is 10.2 Å². The fraction of sp³-hybridized carbons (Fsp3) is 0.500. The number of rotatable bonds is 2. The Bertz CT molecular complexity index is 300. The van der Waals surface area contributed by atoms with Crippen LogP contribution in [0.15, 0.2) is 18.3 Å². The zero-order valence-electron chi connectivity index (χ0n) is 8.31. The van der Waals surface area contributed by atoms with Crippen molar-refractivity contribution in [1.82, 2.24) is 4.98 Å². The van der Waals surface area contributed by atoms with Crippen LogP contribution in [0.3, 0.4) is 0 Å². The molecule has 1 aromatic heterocycles. The Kier molecular flexibility index (Phi) is 3.44. The summed E-state index contributed by atoms with van der Waals surface area (Å²) in [4.78, 5) is 6.80. The van der Waals surface area contributed by atoms with Crippen LogP contribution in [0.4, 0.5) is 5.82 Å². The monoisotopic (exact) mass is 253 g/mol. The van der Waals surface area contributed by atoms with E-state index in [-0.39, 0.29) is 15.8 Å². The predicted molar refractivity (Wildman–Crippen MR) is 58.5 cm³/mol. The van der Waals surface area contributed by atoms with Gasteiger partial charge in [0.25, 0.3) is 0 Å². The van der Waals surface area contributed by atoms with Crippen LogP contribution in [0, 0.1) is 0 Å². The first-order valence-electron chi connectivity index (χ1n) is 4.79. The van der Waals surface area contributed by atoms with Crippen molar-refractivity contribution in [3.63, 3.8) is 0 Å². The Labute approximate surface area is 91.2 Å². The van der Waals surface area contributed by atoms with E-state index in [0.717, 1.165) is 26.3 Å². The molecule has 1 aliphatic heterocycles. The first-order chi connectivity index (χ1) is 6.92. The summed E-state index contributed by atoms with van der Waals surface area (Å²) < 4.78 is 6.75. The van der Waals surface area contributed by atoms with Crippen molar-refractivity contribution in [1.29, 1.82) is 0 Å². The summed E-state index contributed by atoms with van der Waals surface area (Å²) in [6, 6.07) is 4.22. The third kappa shape index (κ3) is 2.10. The summed E-state index contributed by atoms with van der Waals surface area (Å²) in [5.41, 5.74) is 2.26. The molecule has 2 rings (SSSR count). The van der Waals surface area contributed by atoms with Gasteiger partial charge in [-0.25, -0.2) is 0 Å². The van der Waals surface area contributed by atoms with Gasteiger partial charge in [-0.15, -0.1) is 0 Å². The van der Waals surface area contributed by atoms with Crippen LogP contribution in [0.25, 0.3) is 0 Å². The molecule has 1 aromatic rings.